The Bertz CT molecular complexity index is 247. The van der Waals surface area contributed by atoms with E-state index in [1.165, 1.54) is 19.3 Å². The Balaban J connectivity index is 2.26. The average molecular weight is 226 g/mol. The minimum atomic E-state index is -0.381. The van der Waals surface area contributed by atoms with Crippen molar-refractivity contribution < 1.29 is 9.59 Å². The lowest BCUT2D eigenvalue weighted by molar-refractivity contribution is -0.120. The third-order valence-electron chi connectivity index (χ3n) is 3.12. The largest absolute Gasteiger partial charge is 0.335 e. The van der Waals surface area contributed by atoms with Gasteiger partial charge >= 0.3 is 6.03 Å². The van der Waals surface area contributed by atoms with Crippen LogP contribution in [0.25, 0.3) is 0 Å². The van der Waals surface area contributed by atoms with Crippen LogP contribution in [0.3, 0.4) is 0 Å². The normalized spacial score (nSPS) is 18.9. The summed E-state index contributed by atoms with van der Waals surface area (Å²) < 4.78 is 0. The summed E-state index contributed by atoms with van der Waals surface area (Å²) in [5.41, 5.74) is 0. The summed E-state index contributed by atoms with van der Waals surface area (Å²) in [5, 5.41) is 5.60. The first-order valence-corrected chi connectivity index (χ1v) is 6.23. The molecule has 0 aliphatic heterocycles. The average Bonchev–Trinajstić information content (AvgIpc) is 2.29. The number of carbonyl (C=O) groups excluding carboxylic acids is 2. The van der Waals surface area contributed by atoms with Crippen LogP contribution in [0.15, 0.2) is 0 Å². The number of rotatable bonds is 4. The molecular formula is C12H22N2O2. The summed E-state index contributed by atoms with van der Waals surface area (Å²) in [7, 11) is 0. The molecule has 1 aliphatic carbocycles. The van der Waals surface area contributed by atoms with Gasteiger partial charge in [0.15, 0.2) is 5.78 Å². The van der Waals surface area contributed by atoms with Gasteiger partial charge in [0.05, 0.1) is 6.04 Å². The monoisotopic (exact) mass is 226 g/mol. The Morgan fingerprint density at radius 2 is 1.88 bits per heavy atom. The van der Waals surface area contributed by atoms with Crippen LogP contribution in [0.1, 0.15) is 52.4 Å². The molecule has 0 spiro atoms. The standard InChI is InChI=1S/C12H22N2O2/c1-3-11(15)9(2)13-12(16)14-10-7-5-4-6-8-10/h9-10H,3-8H2,1-2H3,(H2,13,14,16). The third-order valence-corrected chi connectivity index (χ3v) is 3.12. The van der Waals surface area contributed by atoms with E-state index in [0.29, 0.717) is 6.42 Å². The maximum absolute atomic E-state index is 11.6. The fraction of sp³-hybridized carbons (Fsp3) is 0.833. The van der Waals surface area contributed by atoms with E-state index in [1.807, 2.05) is 0 Å². The molecule has 0 saturated heterocycles. The molecule has 1 saturated carbocycles. The lowest BCUT2D eigenvalue weighted by Gasteiger charge is -2.23. The highest BCUT2D eigenvalue weighted by Gasteiger charge is 2.18. The minimum absolute atomic E-state index is 0.0683. The van der Waals surface area contributed by atoms with Gasteiger partial charge in [0, 0.05) is 12.5 Å². The van der Waals surface area contributed by atoms with Crippen molar-refractivity contribution in [2.45, 2.75) is 64.5 Å². The number of hydrogen-bond donors (Lipinski definition) is 2. The van der Waals surface area contributed by atoms with E-state index in [0.717, 1.165) is 12.8 Å². The van der Waals surface area contributed by atoms with Crippen molar-refractivity contribution in [3.8, 4) is 0 Å². The molecule has 1 fully saturated rings. The Labute approximate surface area is 97.2 Å². The van der Waals surface area contributed by atoms with Gasteiger partial charge in [-0.1, -0.05) is 26.2 Å². The van der Waals surface area contributed by atoms with Gasteiger partial charge in [-0.2, -0.15) is 0 Å². The van der Waals surface area contributed by atoms with Crippen LogP contribution in [-0.4, -0.2) is 23.9 Å². The summed E-state index contributed by atoms with van der Waals surface area (Å²) in [5.74, 6) is 0.0683. The molecule has 0 aromatic heterocycles. The van der Waals surface area contributed by atoms with E-state index in [-0.39, 0.29) is 23.9 Å². The van der Waals surface area contributed by atoms with E-state index < -0.39 is 0 Å². The Hall–Kier alpha value is -1.06. The highest BCUT2D eigenvalue weighted by atomic mass is 16.2. The minimum Gasteiger partial charge on any atom is -0.335 e. The second-order valence-electron chi connectivity index (χ2n) is 4.49. The number of amides is 2. The molecule has 16 heavy (non-hydrogen) atoms. The molecule has 1 rings (SSSR count). The van der Waals surface area contributed by atoms with Crippen molar-refractivity contribution >= 4 is 11.8 Å². The van der Waals surface area contributed by atoms with Crippen molar-refractivity contribution in [2.24, 2.45) is 0 Å². The van der Waals surface area contributed by atoms with Crippen LogP contribution < -0.4 is 10.6 Å². The smallest absolute Gasteiger partial charge is 0.315 e. The van der Waals surface area contributed by atoms with E-state index in [9.17, 15) is 9.59 Å². The van der Waals surface area contributed by atoms with Gasteiger partial charge in [0.2, 0.25) is 0 Å². The quantitative estimate of drug-likeness (QED) is 0.770. The first-order chi connectivity index (χ1) is 7.63. The molecule has 0 radical (unpaired) electrons. The number of nitrogens with one attached hydrogen (secondary N) is 2. The SMILES string of the molecule is CCC(=O)C(C)NC(=O)NC1CCCCC1. The molecule has 1 unspecified atom stereocenters. The molecular weight excluding hydrogens is 204 g/mol. The van der Waals surface area contributed by atoms with Crippen LogP contribution in [0, 0.1) is 0 Å². The predicted molar refractivity (Wildman–Crippen MR) is 63.3 cm³/mol. The molecule has 0 aromatic rings. The maximum Gasteiger partial charge on any atom is 0.315 e. The van der Waals surface area contributed by atoms with Crippen molar-refractivity contribution in [1.82, 2.24) is 10.6 Å². The third kappa shape index (κ3) is 4.21. The van der Waals surface area contributed by atoms with E-state index in [4.69, 9.17) is 0 Å². The van der Waals surface area contributed by atoms with Gasteiger partial charge in [0.1, 0.15) is 0 Å². The summed E-state index contributed by atoms with van der Waals surface area (Å²) in [6.45, 7) is 3.53. The highest BCUT2D eigenvalue weighted by Crippen LogP contribution is 2.17. The number of hydrogen-bond acceptors (Lipinski definition) is 2. The molecule has 1 aliphatic rings. The fourth-order valence-electron chi connectivity index (χ4n) is 2.06. The fourth-order valence-corrected chi connectivity index (χ4v) is 2.06. The lowest BCUT2D eigenvalue weighted by atomic mass is 9.96. The van der Waals surface area contributed by atoms with Crippen molar-refractivity contribution in [3.05, 3.63) is 0 Å². The molecule has 4 heteroatoms. The number of ketones is 1. The second-order valence-corrected chi connectivity index (χ2v) is 4.49. The molecule has 0 heterocycles. The molecule has 0 aromatic carbocycles. The van der Waals surface area contributed by atoms with E-state index >= 15 is 0 Å². The molecule has 0 bridgehead atoms. The zero-order valence-corrected chi connectivity index (χ0v) is 10.2. The van der Waals surface area contributed by atoms with Gasteiger partial charge in [-0.15, -0.1) is 0 Å². The first-order valence-electron chi connectivity index (χ1n) is 6.23. The lowest BCUT2D eigenvalue weighted by Crippen LogP contribution is -2.48. The summed E-state index contributed by atoms with van der Waals surface area (Å²) >= 11 is 0. The molecule has 2 amide bonds. The van der Waals surface area contributed by atoms with Crippen LogP contribution in [0.5, 0.6) is 0 Å². The number of Topliss-reactive ketones (excluding diaryl/α,β-unsaturated/α-hetero) is 1. The molecule has 1 atom stereocenters. The van der Waals surface area contributed by atoms with Crippen molar-refractivity contribution in [2.75, 3.05) is 0 Å². The van der Waals surface area contributed by atoms with Crippen LogP contribution >= 0.6 is 0 Å². The maximum atomic E-state index is 11.6. The first kappa shape index (κ1) is 13.0. The van der Waals surface area contributed by atoms with Gasteiger partial charge in [-0.3, -0.25) is 4.79 Å². The summed E-state index contributed by atoms with van der Waals surface area (Å²) in [4.78, 5) is 22.9. The molecule has 92 valence electrons. The Morgan fingerprint density at radius 3 is 2.44 bits per heavy atom. The van der Waals surface area contributed by atoms with Gasteiger partial charge < -0.3 is 10.6 Å². The Kier molecular flexibility index (Phi) is 5.29. The van der Waals surface area contributed by atoms with Crippen LogP contribution in [0.2, 0.25) is 0 Å². The summed E-state index contributed by atoms with van der Waals surface area (Å²) in [6.07, 6.45) is 6.23. The van der Waals surface area contributed by atoms with Gasteiger partial charge in [0.25, 0.3) is 0 Å². The second kappa shape index (κ2) is 6.51. The zero-order valence-electron chi connectivity index (χ0n) is 10.2. The van der Waals surface area contributed by atoms with E-state index in [1.54, 1.807) is 13.8 Å². The van der Waals surface area contributed by atoms with Crippen molar-refractivity contribution in [3.63, 3.8) is 0 Å². The predicted octanol–water partition coefficient (Wildman–Crippen LogP) is 1.99. The van der Waals surface area contributed by atoms with E-state index in [2.05, 4.69) is 10.6 Å². The highest BCUT2D eigenvalue weighted by molar-refractivity contribution is 5.88. The Morgan fingerprint density at radius 1 is 1.25 bits per heavy atom. The van der Waals surface area contributed by atoms with Gasteiger partial charge in [-0.25, -0.2) is 4.79 Å². The molecule has 4 nitrogen and oxygen atoms in total. The molecule has 2 N–H and O–H groups in total. The zero-order chi connectivity index (χ0) is 12.0. The van der Waals surface area contributed by atoms with Crippen molar-refractivity contribution in [1.29, 1.82) is 0 Å². The number of carbonyl (C=O) groups is 2. The van der Waals surface area contributed by atoms with Gasteiger partial charge in [-0.05, 0) is 19.8 Å². The van der Waals surface area contributed by atoms with Crippen LogP contribution in [-0.2, 0) is 4.79 Å². The van der Waals surface area contributed by atoms with Crippen LogP contribution in [0.4, 0.5) is 4.79 Å². The topological polar surface area (TPSA) is 58.2 Å². The number of urea groups is 1. The summed E-state index contributed by atoms with van der Waals surface area (Å²) in [6, 6.07) is -0.299.